The quantitative estimate of drug-likeness (QED) is 0.296. The lowest BCUT2D eigenvalue weighted by atomic mass is 10.0. The summed E-state index contributed by atoms with van der Waals surface area (Å²) in [6.45, 7) is 4.94. The molecule has 2 aliphatic carbocycles. The molecule has 0 radical (unpaired) electrons. The topological polar surface area (TPSA) is 177 Å². The van der Waals surface area contributed by atoms with Crippen molar-refractivity contribution in [3.8, 4) is 0 Å². The summed E-state index contributed by atoms with van der Waals surface area (Å²) < 4.78 is 38.7. The molecule has 5 atom stereocenters. The van der Waals surface area contributed by atoms with Crippen LogP contribution in [0.5, 0.6) is 0 Å². The van der Waals surface area contributed by atoms with Gasteiger partial charge in [-0.1, -0.05) is 42.7 Å². The minimum atomic E-state index is -3.90. The number of halogens is 1. The van der Waals surface area contributed by atoms with E-state index in [4.69, 9.17) is 21.1 Å². The average molecular weight is 707 g/mol. The molecule has 1 aromatic rings. The minimum Gasteiger partial charge on any atom is -0.457 e. The third-order valence-corrected chi connectivity index (χ3v) is 10.9. The second kappa shape index (κ2) is 14.1. The summed E-state index contributed by atoms with van der Waals surface area (Å²) in [7, 11) is -3.90. The van der Waals surface area contributed by atoms with Crippen LogP contribution >= 0.6 is 11.6 Å². The summed E-state index contributed by atoms with van der Waals surface area (Å²) in [5.41, 5.74) is -2.17. The Bertz CT molecular complexity index is 1590. The van der Waals surface area contributed by atoms with E-state index in [1.807, 2.05) is 12.2 Å². The van der Waals surface area contributed by atoms with Crippen LogP contribution in [0.1, 0.15) is 88.9 Å². The van der Waals surface area contributed by atoms with E-state index >= 15 is 0 Å². The average Bonchev–Trinajstić information content (AvgIpc) is 3.91. The molecule has 48 heavy (non-hydrogen) atoms. The van der Waals surface area contributed by atoms with Gasteiger partial charge >= 0.3 is 12.1 Å². The molecule has 2 saturated carbocycles. The Hall–Kier alpha value is -3.65. The number of carbonyl (C=O) groups is 5. The highest BCUT2D eigenvalue weighted by atomic mass is 35.5. The van der Waals surface area contributed by atoms with Crippen molar-refractivity contribution in [3.05, 3.63) is 47.0 Å². The molecular formula is C33H43ClN4O9S. The number of alkyl carbamates (subject to hydrolysis) is 1. The van der Waals surface area contributed by atoms with Crippen molar-refractivity contribution in [1.29, 1.82) is 0 Å². The first-order chi connectivity index (χ1) is 22.6. The number of ether oxygens (including phenoxy) is 2. The summed E-state index contributed by atoms with van der Waals surface area (Å²) in [5, 5.41) is 5.13. The Labute approximate surface area is 285 Å². The Morgan fingerprint density at radius 1 is 1.08 bits per heavy atom. The molecule has 262 valence electrons. The fourth-order valence-electron chi connectivity index (χ4n) is 6.13. The third-order valence-electron chi connectivity index (χ3n) is 8.87. The molecular weight excluding hydrogens is 664 g/mol. The third kappa shape index (κ3) is 8.68. The number of fused-ring (bicyclic) bond motifs is 2. The van der Waals surface area contributed by atoms with Crippen LogP contribution in [0, 0.1) is 5.92 Å². The van der Waals surface area contributed by atoms with Crippen LogP contribution in [-0.2, 0) is 33.9 Å². The zero-order valence-corrected chi connectivity index (χ0v) is 28.9. The molecule has 2 aliphatic heterocycles. The molecule has 5 rings (SSSR count). The maximum absolute atomic E-state index is 14.2. The van der Waals surface area contributed by atoms with Crippen LogP contribution in [0.25, 0.3) is 0 Å². The normalized spacial score (nSPS) is 28.8. The van der Waals surface area contributed by atoms with E-state index in [1.54, 1.807) is 32.9 Å². The maximum Gasteiger partial charge on any atom is 0.408 e. The highest BCUT2D eigenvalue weighted by Gasteiger charge is 2.62. The highest BCUT2D eigenvalue weighted by Crippen LogP contribution is 2.46. The highest BCUT2D eigenvalue weighted by molar-refractivity contribution is 7.91. The smallest absolute Gasteiger partial charge is 0.408 e. The standard InChI is InChI=1S/C33H43ClN4O9S/c1-32(2,3)47-31(43)35-25-13-8-6-4-5-7-11-21-18-33(21,30(42)37-48(44,45)24-14-15-24)36-27(39)26-17-23(19-38(26)28(25)40)46-29(41)20-10-9-12-22(34)16-20/h7,9-12,16,21,23-26H,4-6,8,13-15,17-19H2,1-3H3,(H,35,43)(H,36,39)(H,37,42)/b11-7-/t21-,23-,25+,26+,33-/m1/s1. The van der Waals surface area contributed by atoms with Crippen molar-refractivity contribution >= 4 is 51.4 Å². The molecule has 3 N–H and O–H groups in total. The number of rotatable bonds is 6. The summed E-state index contributed by atoms with van der Waals surface area (Å²) in [6.07, 6.45) is 6.07. The van der Waals surface area contributed by atoms with Crippen molar-refractivity contribution in [2.24, 2.45) is 5.92 Å². The van der Waals surface area contributed by atoms with Gasteiger partial charge in [0.15, 0.2) is 0 Å². The molecule has 1 aromatic carbocycles. The minimum absolute atomic E-state index is 0.0956. The number of hydrogen-bond donors (Lipinski definition) is 3. The Kier molecular flexibility index (Phi) is 10.4. The van der Waals surface area contributed by atoms with Crippen molar-refractivity contribution in [2.75, 3.05) is 6.54 Å². The van der Waals surface area contributed by atoms with Crippen molar-refractivity contribution in [3.63, 3.8) is 0 Å². The van der Waals surface area contributed by atoms with E-state index < -0.39 is 80.3 Å². The van der Waals surface area contributed by atoms with Gasteiger partial charge in [0.05, 0.1) is 17.4 Å². The SMILES string of the molecule is CC(C)(C)OC(=O)N[C@H]1CCCCC/C=C\[C@@H]2C[C@@]2(C(=O)NS(=O)(=O)C2CC2)NC(=O)[C@@H]2C[C@@H](OC(=O)c3cccc(Cl)c3)CN2C1=O. The molecule has 0 bridgehead atoms. The molecule has 0 spiro atoms. The van der Waals surface area contributed by atoms with Crippen LogP contribution in [-0.4, -0.2) is 84.2 Å². The largest absolute Gasteiger partial charge is 0.457 e. The summed E-state index contributed by atoms with van der Waals surface area (Å²) in [4.78, 5) is 68.9. The number of carbonyl (C=O) groups excluding carboxylic acids is 5. The second-order valence-corrected chi connectivity index (χ2v) is 16.4. The summed E-state index contributed by atoms with van der Waals surface area (Å²) >= 11 is 6.05. The van der Waals surface area contributed by atoms with Crippen LogP contribution in [0.2, 0.25) is 5.02 Å². The lowest BCUT2D eigenvalue weighted by Crippen LogP contribution is -2.58. The zero-order valence-electron chi connectivity index (χ0n) is 27.3. The summed E-state index contributed by atoms with van der Waals surface area (Å²) in [6, 6.07) is 3.92. The van der Waals surface area contributed by atoms with E-state index in [1.165, 1.54) is 17.0 Å². The summed E-state index contributed by atoms with van der Waals surface area (Å²) in [5.74, 6) is -3.26. The Morgan fingerprint density at radius 3 is 2.52 bits per heavy atom. The van der Waals surface area contributed by atoms with E-state index in [-0.39, 0.29) is 31.4 Å². The lowest BCUT2D eigenvalue weighted by molar-refractivity contribution is -0.141. The van der Waals surface area contributed by atoms with Crippen LogP contribution in [0.3, 0.4) is 0 Å². The number of hydrogen-bond acceptors (Lipinski definition) is 9. The van der Waals surface area contributed by atoms with Gasteiger partial charge in [-0.15, -0.1) is 0 Å². The first-order valence-electron chi connectivity index (χ1n) is 16.4. The van der Waals surface area contributed by atoms with Gasteiger partial charge in [-0.05, 0) is 77.5 Å². The zero-order chi connectivity index (χ0) is 34.9. The van der Waals surface area contributed by atoms with Crippen LogP contribution in [0.15, 0.2) is 36.4 Å². The van der Waals surface area contributed by atoms with Gasteiger partial charge in [-0.25, -0.2) is 18.0 Å². The van der Waals surface area contributed by atoms with Gasteiger partial charge in [0.2, 0.25) is 21.8 Å². The second-order valence-electron chi connectivity index (χ2n) is 14.0. The number of allylic oxidation sites excluding steroid dienone is 1. The molecule has 2 heterocycles. The molecule has 15 heteroatoms. The fraction of sp³-hybridized carbons (Fsp3) is 0.606. The van der Waals surface area contributed by atoms with E-state index in [0.29, 0.717) is 30.7 Å². The fourth-order valence-corrected chi connectivity index (χ4v) is 7.69. The molecule has 3 fully saturated rings. The van der Waals surface area contributed by atoms with Crippen LogP contribution < -0.4 is 15.4 Å². The maximum atomic E-state index is 14.2. The predicted molar refractivity (Wildman–Crippen MR) is 175 cm³/mol. The Morgan fingerprint density at radius 2 is 1.83 bits per heavy atom. The molecule has 1 saturated heterocycles. The molecule has 0 aromatic heterocycles. The number of benzene rings is 1. The number of esters is 1. The molecule has 13 nitrogen and oxygen atoms in total. The van der Waals surface area contributed by atoms with Crippen molar-refractivity contribution in [2.45, 2.75) is 113 Å². The molecule has 0 unspecified atom stereocenters. The number of nitrogens with one attached hydrogen (secondary N) is 3. The number of amides is 4. The van der Waals surface area contributed by atoms with Crippen LogP contribution in [0.4, 0.5) is 4.79 Å². The van der Waals surface area contributed by atoms with Gasteiger partial charge in [-0.2, -0.15) is 0 Å². The molecule has 4 aliphatic rings. The Balaban J connectivity index is 1.43. The van der Waals surface area contributed by atoms with Crippen molar-refractivity contribution < 1.29 is 41.9 Å². The lowest BCUT2D eigenvalue weighted by Gasteiger charge is -2.30. The van der Waals surface area contributed by atoms with Gasteiger partial charge in [-0.3, -0.25) is 19.1 Å². The first-order valence-corrected chi connectivity index (χ1v) is 18.3. The monoisotopic (exact) mass is 706 g/mol. The van der Waals surface area contributed by atoms with Gasteiger partial charge in [0.25, 0.3) is 5.91 Å². The number of sulfonamides is 1. The van der Waals surface area contributed by atoms with Gasteiger partial charge in [0, 0.05) is 17.4 Å². The van der Waals surface area contributed by atoms with Gasteiger partial charge in [0.1, 0.15) is 29.3 Å². The van der Waals surface area contributed by atoms with E-state index in [9.17, 15) is 32.4 Å². The number of nitrogens with zero attached hydrogens (tertiary/aromatic N) is 1. The van der Waals surface area contributed by atoms with Crippen molar-refractivity contribution in [1.82, 2.24) is 20.3 Å². The van der Waals surface area contributed by atoms with E-state index in [0.717, 1.165) is 12.8 Å². The van der Waals surface area contributed by atoms with E-state index in [2.05, 4.69) is 15.4 Å². The molecule has 4 amide bonds. The van der Waals surface area contributed by atoms with Gasteiger partial charge < -0.3 is 25.0 Å². The first kappa shape index (κ1) is 35.7. The predicted octanol–water partition coefficient (Wildman–Crippen LogP) is 3.36.